The van der Waals surface area contributed by atoms with Crippen LogP contribution in [0.1, 0.15) is 51.7 Å². The van der Waals surface area contributed by atoms with E-state index in [1.807, 2.05) is 41.1 Å². The topological polar surface area (TPSA) is 61.9 Å². The molecule has 2 heterocycles. The van der Waals surface area contributed by atoms with Gasteiger partial charge in [0.1, 0.15) is 16.9 Å². The first kappa shape index (κ1) is 19.5. The fraction of sp³-hybridized carbons (Fsp3) is 0.273. The highest BCUT2D eigenvalue weighted by molar-refractivity contribution is 6.10. The minimum atomic E-state index is -0.601. The van der Waals surface area contributed by atoms with E-state index >= 15 is 0 Å². The third kappa shape index (κ3) is 3.22. The first-order valence-corrected chi connectivity index (χ1v) is 9.19. The van der Waals surface area contributed by atoms with E-state index in [0.29, 0.717) is 11.1 Å². The molecule has 0 spiro atoms. The number of aryl methyl sites for hydroxylation is 1. The van der Waals surface area contributed by atoms with Crippen LogP contribution in [0.25, 0.3) is 11.2 Å². The Morgan fingerprint density at radius 3 is 2.29 bits per heavy atom. The van der Waals surface area contributed by atoms with Crippen LogP contribution in [-0.2, 0) is 16.0 Å². The van der Waals surface area contributed by atoms with Crippen molar-refractivity contribution >= 4 is 23.2 Å². The lowest BCUT2D eigenvalue weighted by molar-refractivity contribution is 0.0550. The standard InChI is InChI=1S/C22H24N2O4/c1-5-6-12-23-13-14-24-19(22(26)28-4)18(21(25)27-3)17(20(23)24)15(2)16-10-8-7-9-11-16/h7-11,13-14H,2,5-6,12H2,1,3-4H3. The molecule has 0 fully saturated rings. The summed E-state index contributed by atoms with van der Waals surface area (Å²) in [6.45, 7) is 7.11. The predicted octanol–water partition coefficient (Wildman–Crippen LogP) is 4.18. The molecular formula is C22H24N2O4. The van der Waals surface area contributed by atoms with Crippen LogP contribution in [0.5, 0.6) is 0 Å². The van der Waals surface area contributed by atoms with Gasteiger partial charge in [0.25, 0.3) is 0 Å². The second-order valence-corrected chi connectivity index (χ2v) is 6.47. The van der Waals surface area contributed by atoms with Crippen LogP contribution in [0, 0.1) is 0 Å². The largest absolute Gasteiger partial charge is 0.465 e. The van der Waals surface area contributed by atoms with Gasteiger partial charge in [-0.3, -0.25) is 4.40 Å². The summed E-state index contributed by atoms with van der Waals surface area (Å²) in [6.07, 6.45) is 5.66. The predicted molar refractivity (Wildman–Crippen MR) is 108 cm³/mol. The number of hydrogen-bond donors (Lipinski definition) is 0. The number of nitrogens with zero attached hydrogens (tertiary/aromatic N) is 2. The van der Waals surface area contributed by atoms with Crippen molar-refractivity contribution in [3.8, 4) is 0 Å². The van der Waals surface area contributed by atoms with E-state index in [4.69, 9.17) is 9.47 Å². The Morgan fingerprint density at radius 1 is 1.00 bits per heavy atom. The zero-order valence-corrected chi connectivity index (χ0v) is 16.4. The zero-order chi connectivity index (χ0) is 20.3. The highest BCUT2D eigenvalue weighted by atomic mass is 16.5. The fourth-order valence-electron chi connectivity index (χ4n) is 3.40. The average Bonchev–Trinajstić information content (AvgIpc) is 3.29. The van der Waals surface area contributed by atoms with Gasteiger partial charge in [0, 0.05) is 24.5 Å². The first-order valence-electron chi connectivity index (χ1n) is 9.19. The van der Waals surface area contributed by atoms with Crippen LogP contribution in [0.4, 0.5) is 0 Å². The van der Waals surface area contributed by atoms with E-state index in [2.05, 4.69) is 13.5 Å². The van der Waals surface area contributed by atoms with E-state index in [1.54, 1.807) is 10.6 Å². The number of imidazole rings is 1. The number of aromatic nitrogens is 2. The number of carbonyl (C=O) groups excluding carboxylic acids is 2. The maximum atomic E-state index is 12.7. The van der Waals surface area contributed by atoms with Gasteiger partial charge in [-0.15, -0.1) is 0 Å². The van der Waals surface area contributed by atoms with Crippen molar-refractivity contribution in [1.29, 1.82) is 0 Å². The Morgan fingerprint density at radius 2 is 1.68 bits per heavy atom. The van der Waals surface area contributed by atoms with E-state index < -0.39 is 11.9 Å². The van der Waals surface area contributed by atoms with Gasteiger partial charge in [-0.05, 0) is 17.6 Å². The number of rotatable bonds is 7. The molecule has 0 atom stereocenters. The van der Waals surface area contributed by atoms with Crippen LogP contribution in [0.15, 0.2) is 49.3 Å². The van der Waals surface area contributed by atoms with Crippen molar-refractivity contribution in [3.05, 3.63) is 71.7 Å². The number of benzene rings is 1. The third-order valence-electron chi connectivity index (χ3n) is 4.79. The van der Waals surface area contributed by atoms with Gasteiger partial charge in [0.15, 0.2) is 0 Å². The Kier molecular flexibility index (Phi) is 5.68. The van der Waals surface area contributed by atoms with Crippen molar-refractivity contribution in [2.75, 3.05) is 14.2 Å². The van der Waals surface area contributed by atoms with Gasteiger partial charge >= 0.3 is 11.9 Å². The van der Waals surface area contributed by atoms with Gasteiger partial charge in [0.05, 0.1) is 14.2 Å². The van der Waals surface area contributed by atoms with Crippen LogP contribution in [0.2, 0.25) is 0 Å². The van der Waals surface area contributed by atoms with Crippen molar-refractivity contribution in [2.24, 2.45) is 0 Å². The van der Waals surface area contributed by atoms with Crippen molar-refractivity contribution in [1.82, 2.24) is 8.97 Å². The summed E-state index contributed by atoms with van der Waals surface area (Å²) in [6, 6.07) is 9.57. The van der Waals surface area contributed by atoms with Crippen molar-refractivity contribution in [2.45, 2.75) is 26.3 Å². The number of methoxy groups -OCH3 is 2. The molecule has 6 nitrogen and oxygen atoms in total. The normalized spacial score (nSPS) is 10.8. The Bertz CT molecular complexity index is 1030. The zero-order valence-electron chi connectivity index (χ0n) is 16.4. The summed E-state index contributed by atoms with van der Waals surface area (Å²) in [5, 5.41) is 0. The molecular weight excluding hydrogens is 356 g/mol. The van der Waals surface area contributed by atoms with Crippen molar-refractivity contribution in [3.63, 3.8) is 0 Å². The molecule has 0 saturated heterocycles. The summed E-state index contributed by atoms with van der Waals surface area (Å²) < 4.78 is 13.7. The van der Waals surface area contributed by atoms with Crippen molar-refractivity contribution < 1.29 is 19.1 Å². The summed E-state index contributed by atoms with van der Waals surface area (Å²) in [7, 11) is 2.59. The second-order valence-electron chi connectivity index (χ2n) is 6.47. The summed E-state index contributed by atoms with van der Waals surface area (Å²) in [5.41, 5.74) is 3.13. The van der Waals surface area contributed by atoms with E-state index in [1.165, 1.54) is 14.2 Å². The minimum absolute atomic E-state index is 0.145. The second kappa shape index (κ2) is 8.17. The molecule has 2 aromatic heterocycles. The molecule has 1 aromatic carbocycles. The smallest absolute Gasteiger partial charge is 0.356 e. The number of esters is 2. The van der Waals surface area contributed by atoms with Crippen LogP contribution >= 0.6 is 0 Å². The third-order valence-corrected chi connectivity index (χ3v) is 4.79. The molecule has 0 aliphatic rings. The molecule has 3 aromatic rings. The molecule has 3 rings (SSSR count). The van der Waals surface area contributed by atoms with E-state index in [9.17, 15) is 9.59 Å². The molecule has 0 radical (unpaired) electrons. The van der Waals surface area contributed by atoms with Crippen LogP contribution < -0.4 is 0 Å². The molecule has 0 saturated carbocycles. The molecule has 0 aliphatic heterocycles. The maximum Gasteiger partial charge on any atom is 0.356 e. The number of ether oxygens (including phenoxy) is 2. The minimum Gasteiger partial charge on any atom is -0.465 e. The maximum absolute atomic E-state index is 12.7. The van der Waals surface area contributed by atoms with Gasteiger partial charge in [-0.2, -0.15) is 0 Å². The van der Waals surface area contributed by atoms with Gasteiger partial charge < -0.3 is 14.0 Å². The quantitative estimate of drug-likeness (QED) is 0.577. The molecule has 0 unspecified atom stereocenters. The number of hydrogen-bond acceptors (Lipinski definition) is 4. The molecule has 0 N–H and O–H groups in total. The van der Waals surface area contributed by atoms with Crippen LogP contribution in [0.3, 0.4) is 0 Å². The summed E-state index contributed by atoms with van der Waals surface area (Å²) >= 11 is 0. The molecule has 0 bridgehead atoms. The Balaban J connectivity index is 2.37. The lowest BCUT2D eigenvalue weighted by Gasteiger charge is -2.10. The SMILES string of the molecule is C=C(c1ccccc1)c1c(C(=O)OC)c(C(=O)OC)n2ccn(CCCC)c12. The molecule has 0 amide bonds. The summed E-state index contributed by atoms with van der Waals surface area (Å²) in [5.74, 6) is -1.20. The van der Waals surface area contributed by atoms with E-state index in [0.717, 1.165) is 30.6 Å². The monoisotopic (exact) mass is 380 g/mol. The van der Waals surface area contributed by atoms with E-state index in [-0.39, 0.29) is 11.3 Å². The first-order chi connectivity index (χ1) is 13.5. The Hall–Kier alpha value is -3.28. The molecule has 146 valence electrons. The lowest BCUT2D eigenvalue weighted by atomic mass is 9.97. The van der Waals surface area contributed by atoms with Gasteiger partial charge in [-0.1, -0.05) is 50.3 Å². The number of carbonyl (C=O) groups is 2. The molecule has 6 heteroatoms. The highest BCUT2D eigenvalue weighted by Crippen LogP contribution is 2.34. The number of fused-ring (bicyclic) bond motifs is 1. The summed E-state index contributed by atoms with van der Waals surface area (Å²) in [4.78, 5) is 25.3. The lowest BCUT2D eigenvalue weighted by Crippen LogP contribution is -2.13. The Labute approximate surface area is 164 Å². The highest BCUT2D eigenvalue weighted by Gasteiger charge is 2.32. The number of unbranched alkanes of at least 4 members (excludes halogenated alkanes) is 1. The fourth-order valence-corrected chi connectivity index (χ4v) is 3.40. The van der Waals surface area contributed by atoms with Crippen LogP contribution in [-0.4, -0.2) is 35.1 Å². The van der Waals surface area contributed by atoms with Gasteiger partial charge in [0.2, 0.25) is 0 Å². The molecule has 0 aliphatic carbocycles. The average molecular weight is 380 g/mol. The molecule has 28 heavy (non-hydrogen) atoms. The van der Waals surface area contributed by atoms with Gasteiger partial charge in [-0.25, -0.2) is 9.59 Å².